The number of benzene rings is 1. The van der Waals surface area contributed by atoms with Gasteiger partial charge in [-0.1, -0.05) is 6.07 Å². The lowest BCUT2D eigenvalue weighted by molar-refractivity contribution is -0.122. The van der Waals surface area contributed by atoms with E-state index in [0.717, 1.165) is 56.7 Å². The van der Waals surface area contributed by atoms with Gasteiger partial charge in [-0.05, 0) is 44.2 Å². The van der Waals surface area contributed by atoms with E-state index in [-0.39, 0.29) is 23.8 Å². The fraction of sp³-hybridized carbons (Fsp3) is 0.682. The molecule has 7 heteroatoms. The Kier molecular flexibility index (Phi) is 5.22. The van der Waals surface area contributed by atoms with Crippen LogP contribution in [0, 0.1) is 12.7 Å². The van der Waals surface area contributed by atoms with Crippen LogP contribution >= 0.6 is 0 Å². The number of anilines is 1. The number of nitrogens with one attached hydrogen (secondary N) is 3. The molecule has 0 bridgehead atoms. The van der Waals surface area contributed by atoms with Gasteiger partial charge in [-0.25, -0.2) is 4.39 Å². The van der Waals surface area contributed by atoms with Crippen molar-refractivity contribution in [2.24, 2.45) is 0 Å². The number of rotatable bonds is 3. The highest BCUT2D eigenvalue weighted by molar-refractivity contribution is 5.88. The zero-order valence-electron chi connectivity index (χ0n) is 17.2. The summed E-state index contributed by atoms with van der Waals surface area (Å²) in [6.07, 6.45) is 5.36. The van der Waals surface area contributed by atoms with E-state index >= 15 is 0 Å². The molecule has 158 valence electrons. The molecule has 1 saturated carbocycles. The molecule has 29 heavy (non-hydrogen) atoms. The summed E-state index contributed by atoms with van der Waals surface area (Å²) in [6.45, 7) is 7.57. The van der Waals surface area contributed by atoms with E-state index in [1.165, 1.54) is 19.0 Å². The van der Waals surface area contributed by atoms with Crippen LogP contribution in [-0.4, -0.2) is 72.7 Å². The molecule has 0 spiro atoms. The second-order valence-electron chi connectivity index (χ2n) is 9.15. The lowest BCUT2D eigenvalue weighted by atomic mass is 9.89. The van der Waals surface area contributed by atoms with Crippen molar-refractivity contribution >= 4 is 11.6 Å². The number of hydrogen-bond donors (Lipinski definition) is 3. The highest BCUT2D eigenvalue weighted by Crippen LogP contribution is 2.32. The van der Waals surface area contributed by atoms with Gasteiger partial charge in [0.25, 0.3) is 0 Å². The molecule has 5 rings (SSSR count). The van der Waals surface area contributed by atoms with Crippen molar-refractivity contribution < 1.29 is 9.18 Å². The maximum absolute atomic E-state index is 14.1. The van der Waals surface area contributed by atoms with Crippen molar-refractivity contribution in [2.45, 2.75) is 63.3 Å². The fourth-order valence-corrected chi connectivity index (χ4v) is 5.67. The van der Waals surface area contributed by atoms with Crippen molar-refractivity contribution in [1.29, 1.82) is 0 Å². The number of amides is 1. The monoisotopic (exact) mass is 401 g/mol. The number of nitrogens with zero attached hydrogens (tertiary/aromatic N) is 2. The van der Waals surface area contributed by atoms with Crippen LogP contribution in [0.2, 0.25) is 0 Å². The highest BCUT2D eigenvalue weighted by atomic mass is 19.1. The van der Waals surface area contributed by atoms with E-state index in [4.69, 9.17) is 0 Å². The SMILES string of the molecule is Cc1ccc(F)c2c1NC(C(=O)N[C@@H]1CCC[C@@H](N3CCN4CCNC4C3)C1)C2. The average Bonchev–Trinajstić information content (AvgIpc) is 3.38. The largest absolute Gasteiger partial charge is 0.373 e. The standard InChI is InChI=1S/C22H32FN5O/c1-14-5-6-18(23)17-12-19(26-21(14)17)22(29)25-15-3-2-4-16(11-15)28-10-9-27-8-7-24-20(27)13-28/h5-6,15-16,19-20,24,26H,2-4,7-13H2,1H3,(H,25,29)/t15-,16-,19?,20?/m1/s1. The van der Waals surface area contributed by atoms with Gasteiger partial charge in [0.2, 0.25) is 5.91 Å². The number of piperazine rings is 1. The normalized spacial score (nSPS) is 32.5. The van der Waals surface area contributed by atoms with Crippen molar-refractivity contribution in [1.82, 2.24) is 20.4 Å². The molecule has 0 aromatic heterocycles. The highest BCUT2D eigenvalue weighted by Gasteiger charge is 2.36. The summed E-state index contributed by atoms with van der Waals surface area (Å²) in [5.74, 6) is -0.210. The predicted molar refractivity (Wildman–Crippen MR) is 111 cm³/mol. The second kappa shape index (κ2) is 7.85. The molecule has 0 radical (unpaired) electrons. The molecule has 3 aliphatic heterocycles. The molecular weight excluding hydrogens is 369 g/mol. The van der Waals surface area contributed by atoms with Gasteiger partial charge in [0.15, 0.2) is 0 Å². The van der Waals surface area contributed by atoms with E-state index in [2.05, 4.69) is 25.8 Å². The summed E-state index contributed by atoms with van der Waals surface area (Å²) in [5.41, 5.74) is 2.44. The third-order valence-electron chi connectivity index (χ3n) is 7.32. The summed E-state index contributed by atoms with van der Waals surface area (Å²) in [6, 6.07) is 3.67. The Bertz CT molecular complexity index is 756. The first kappa shape index (κ1) is 19.3. The lowest BCUT2D eigenvalue weighted by Gasteiger charge is -2.44. The topological polar surface area (TPSA) is 59.6 Å². The number of carbonyl (C=O) groups is 1. The van der Waals surface area contributed by atoms with Gasteiger partial charge in [-0.3, -0.25) is 19.9 Å². The minimum absolute atomic E-state index is 0.00734. The first-order valence-electron chi connectivity index (χ1n) is 11.1. The molecular formula is C22H32FN5O. The molecule has 2 saturated heterocycles. The summed E-state index contributed by atoms with van der Waals surface area (Å²) < 4.78 is 14.1. The van der Waals surface area contributed by atoms with Gasteiger partial charge in [0.05, 0.1) is 6.17 Å². The second-order valence-corrected chi connectivity index (χ2v) is 9.15. The predicted octanol–water partition coefficient (Wildman–Crippen LogP) is 1.45. The van der Waals surface area contributed by atoms with Gasteiger partial charge in [-0.2, -0.15) is 0 Å². The van der Waals surface area contributed by atoms with E-state index in [0.29, 0.717) is 24.2 Å². The summed E-state index contributed by atoms with van der Waals surface area (Å²) in [7, 11) is 0. The Morgan fingerprint density at radius 2 is 2.07 bits per heavy atom. The Morgan fingerprint density at radius 3 is 2.93 bits per heavy atom. The molecule has 4 aliphatic rings. The lowest BCUT2D eigenvalue weighted by Crippen LogP contribution is -2.58. The smallest absolute Gasteiger partial charge is 0.243 e. The molecule has 1 aromatic carbocycles. The Balaban J connectivity index is 1.17. The maximum Gasteiger partial charge on any atom is 0.243 e. The zero-order valence-corrected chi connectivity index (χ0v) is 17.2. The van der Waals surface area contributed by atoms with Crippen LogP contribution in [0.5, 0.6) is 0 Å². The Morgan fingerprint density at radius 1 is 1.21 bits per heavy atom. The summed E-state index contributed by atoms with van der Waals surface area (Å²) >= 11 is 0. The minimum Gasteiger partial charge on any atom is -0.373 e. The van der Waals surface area contributed by atoms with Gasteiger partial charge in [0.1, 0.15) is 11.9 Å². The first-order chi connectivity index (χ1) is 14.1. The third-order valence-corrected chi connectivity index (χ3v) is 7.32. The summed E-state index contributed by atoms with van der Waals surface area (Å²) in [5, 5.41) is 10.1. The molecule has 2 unspecified atom stereocenters. The van der Waals surface area contributed by atoms with Crippen LogP contribution in [-0.2, 0) is 11.2 Å². The molecule has 3 fully saturated rings. The Hall–Kier alpha value is -1.70. The van der Waals surface area contributed by atoms with Crippen molar-refractivity contribution in [2.75, 3.05) is 38.0 Å². The van der Waals surface area contributed by atoms with Crippen LogP contribution in [0.4, 0.5) is 10.1 Å². The van der Waals surface area contributed by atoms with Gasteiger partial charge in [-0.15, -0.1) is 0 Å². The van der Waals surface area contributed by atoms with E-state index < -0.39 is 0 Å². The summed E-state index contributed by atoms with van der Waals surface area (Å²) in [4.78, 5) is 18.1. The van der Waals surface area contributed by atoms with E-state index in [9.17, 15) is 9.18 Å². The molecule has 4 atom stereocenters. The minimum atomic E-state index is -0.368. The van der Waals surface area contributed by atoms with Crippen LogP contribution in [0.3, 0.4) is 0 Å². The number of carbonyl (C=O) groups excluding carboxylic acids is 1. The number of hydrogen-bond acceptors (Lipinski definition) is 5. The Labute approximate surface area is 172 Å². The van der Waals surface area contributed by atoms with Crippen LogP contribution in [0.1, 0.15) is 36.8 Å². The molecule has 3 heterocycles. The van der Waals surface area contributed by atoms with Gasteiger partial charge in [0, 0.05) is 62.5 Å². The van der Waals surface area contributed by atoms with Gasteiger partial charge >= 0.3 is 0 Å². The quantitative estimate of drug-likeness (QED) is 0.716. The molecule has 1 aliphatic carbocycles. The zero-order chi connectivity index (χ0) is 20.0. The van der Waals surface area contributed by atoms with Crippen molar-refractivity contribution in [3.8, 4) is 0 Å². The van der Waals surface area contributed by atoms with Crippen LogP contribution < -0.4 is 16.0 Å². The number of fused-ring (bicyclic) bond motifs is 2. The fourth-order valence-electron chi connectivity index (χ4n) is 5.67. The van der Waals surface area contributed by atoms with Crippen molar-refractivity contribution in [3.63, 3.8) is 0 Å². The molecule has 1 aromatic rings. The number of aryl methyl sites for hydroxylation is 1. The molecule has 6 nitrogen and oxygen atoms in total. The van der Waals surface area contributed by atoms with Crippen LogP contribution in [0.25, 0.3) is 0 Å². The molecule has 3 N–H and O–H groups in total. The third kappa shape index (κ3) is 3.76. The number of halogens is 1. The van der Waals surface area contributed by atoms with E-state index in [1.807, 2.05) is 6.92 Å². The van der Waals surface area contributed by atoms with Crippen LogP contribution in [0.15, 0.2) is 12.1 Å². The van der Waals surface area contributed by atoms with E-state index in [1.54, 1.807) is 6.07 Å². The molecule has 1 amide bonds. The van der Waals surface area contributed by atoms with Crippen molar-refractivity contribution in [3.05, 3.63) is 29.1 Å². The maximum atomic E-state index is 14.1. The van der Waals surface area contributed by atoms with Gasteiger partial charge < -0.3 is 10.6 Å². The first-order valence-corrected chi connectivity index (χ1v) is 11.1. The average molecular weight is 402 g/mol.